The van der Waals surface area contributed by atoms with Crippen molar-refractivity contribution >= 4 is 5.84 Å². The summed E-state index contributed by atoms with van der Waals surface area (Å²) in [5.41, 5.74) is -5.21. The Morgan fingerprint density at radius 2 is 1.31 bits per heavy atom. The van der Waals surface area contributed by atoms with Gasteiger partial charge < -0.3 is 5.11 Å². The van der Waals surface area contributed by atoms with E-state index < -0.39 is 51.7 Å². The number of amidine groups is 1. The maximum atomic E-state index is 14.1. The maximum absolute atomic E-state index is 14.1. The van der Waals surface area contributed by atoms with Crippen molar-refractivity contribution < 1.29 is 32.3 Å². The van der Waals surface area contributed by atoms with Gasteiger partial charge in [0.05, 0.1) is 5.56 Å². The van der Waals surface area contributed by atoms with E-state index in [1.807, 2.05) is 0 Å². The molecule has 9 heteroatoms. The van der Waals surface area contributed by atoms with Gasteiger partial charge in [-0.1, -0.05) is 30.3 Å². The molecule has 3 rings (SSSR count). The minimum absolute atomic E-state index is 0.0145. The van der Waals surface area contributed by atoms with Crippen LogP contribution in [0.1, 0.15) is 25.0 Å². The quantitative estimate of drug-likeness (QED) is 0.482. The van der Waals surface area contributed by atoms with Gasteiger partial charge in [0.25, 0.3) is 0 Å². The molecular weight excluding hydrogens is 359 g/mol. The Bertz CT molecular complexity index is 888. The lowest BCUT2D eigenvalue weighted by Crippen LogP contribution is -2.53. The molecule has 0 bridgehead atoms. The van der Waals surface area contributed by atoms with Crippen LogP contribution in [-0.4, -0.2) is 26.8 Å². The second-order valence-corrected chi connectivity index (χ2v) is 6.29. The van der Waals surface area contributed by atoms with Crippen LogP contribution < -0.4 is 0 Å². The van der Waals surface area contributed by atoms with Crippen molar-refractivity contribution in [2.75, 3.05) is 0 Å². The van der Waals surface area contributed by atoms with Crippen molar-refractivity contribution in [3.05, 3.63) is 70.5 Å². The molecule has 0 saturated carbocycles. The van der Waals surface area contributed by atoms with Gasteiger partial charge in [-0.25, -0.2) is 22.0 Å². The molecule has 0 aliphatic carbocycles. The first-order chi connectivity index (χ1) is 12.0. The Labute approximate surface area is 144 Å². The highest BCUT2D eigenvalue weighted by Gasteiger charge is 2.57. The SMILES string of the molecule is CC1(C)N=C(c2c(F)c(F)c(F)c(F)c2F)N(O)[C@]1(O)c1ccccc1. The van der Waals surface area contributed by atoms with Gasteiger partial charge in [0.1, 0.15) is 5.54 Å². The summed E-state index contributed by atoms with van der Waals surface area (Å²) in [5, 5.41) is 21.5. The summed E-state index contributed by atoms with van der Waals surface area (Å²) >= 11 is 0. The predicted octanol–water partition coefficient (Wildman–Crippen LogP) is 3.46. The van der Waals surface area contributed by atoms with Crippen LogP contribution >= 0.6 is 0 Å². The molecule has 1 atom stereocenters. The van der Waals surface area contributed by atoms with Crippen LogP contribution in [0, 0.1) is 29.1 Å². The van der Waals surface area contributed by atoms with Crippen LogP contribution in [0.15, 0.2) is 35.3 Å². The van der Waals surface area contributed by atoms with Crippen molar-refractivity contribution in [3.63, 3.8) is 0 Å². The Balaban J connectivity index is 2.25. The van der Waals surface area contributed by atoms with E-state index >= 15 is 0 Å². The minimum atomic E-state index is -2.33. The summed E-state index contributed by atoms with van der Waals surface area (Å²) in [6.45, 7) is 2.67. The van der Waals surface area contributed by atoms with E-state index in [9.17, 15) is 32.3 Å². The highest BCUT2D eigenvalue weighted by Crippen LogP contribution is 2.44. The van der Waals surface area contributed by atoms with Crippen LogP contribution in [0.2, 0.25) is 0 Å². The fourth-order valence-corrected chi connectivity index (χ4v) is 2.91. The molecule has 0 amide bonds. The van der Waals surface area contributed by atoms with E-state index in [-0.39, 0.29) is 10.6 Å². The molecule has 0 radical (unpaired) electrons. The van der Waals surface area contributed by atoms with Gasteiger partial charge in [-0.2, -0.15) is 5.06 Å². The second kappa shape index (κ2) is 5.75. The molecule has 0 spiro atoms. The molecule has 4 nitrogen and oxygen atoms in total. The molecule has 26 heavy (non-hydrogen) atoms. The lowest BCUT2D eigenvalue weighted by Gasteiger charge is -2.38. The van der Waals surface area contributed by atoms with Gasteiger partial charge in [0.15, 0.2) is 29.1 Å². The van der Waals surface area contributed by atoms with Gasteiger partial charge in [-0.15, -0.1) is 0 Å². The highest BCUT2D eigenvalue weighted by atomic mass is 19.2. The first-order valence-corrected chi connectivity index (χ1v) is 7.42. The first kappa shape index (κ1) is 18.3. The number of benzene rings is 2. The Morgan fingerprint density at radius 3 is 1.81 bits per heavy atom. The number of aliphatic hydroxyl groups is 1. The third-order valence-electron chi connectivity index (χ3n) is 4.36. The number of hydrogen-bond donors (Lipinski definition) is 2. The lowest BCUT2D eigenvalue weighted by molar-refractivity contribution is -0.234. The molecule has 2 N–H and O–H groups in total. The van der Waals surface area contributed by atoms with Gasteiger partial charge in [-0.05, 0) is 13.8 Å². The van der Waals surface area contributed by atoms with E-state index in [0.29, 0.717) is 0 Å². The van der Waals surface area contributed by atoms with Gasteiger partial charge in [0, 0.05) is 5.56 Å². The van der Waals surface area contributed by atoms with E-state index in [2.05, 4.69) is 4.99 Å². The van der Waals surface area contributed by atoms with E-state index in [1.54, 1.807) is 6.07 Å². The number of halogens is 5. The van der Waals surface area contributed by atoms with Crippen LogP contribution in [0.25, 0.3) is 0 Å². The molecule has 0 unspecified atom stereocenters. The van der Waals surface area contributed by atoms with Crippen molar-refractivity contribution in [1.29, 1.82) is 0 Å². The lowest BCUT2D eigenvalue weighted by atomic mass is 9.86. The number of hydrogen-bond acceptors (Lipinski definition) is 4. The summed E-state index contributed by atoms with van der Waals surface area (Å²) < 4.78 is 68.5. The van der Waals surface area contributed by atoms with Crippen LogP contribution in [0.3, 0.4) is 0 Å². The van der Waals surface area contributed by atoms with Gasteiger partial charge in [-0.3, -0.25) is 10.2 Å². The molecule has 0 saturated heterocycles. The molecule has 2 aromatic carbocycles. The molecule has 1 heterocycles. The molecule has 1 aliphatic rings. The summed E-state index contributed by atoms with van der Waals surface area (Å²) in [5.74, 6) is -12.0. The zero-order chi connectivity index (χ0) is 19.4. The summed E-state index contributed by atoms with van der Waals surface area (Å²) in [6, 6.07) is 7.54. The zero-order valence-electron chi connectivity index (χ0n) is 13.6. The average molecular weight is 372 g/mol. The zero-order valence-corrected chi connectivity index (χ0v) is 13.6. The van der Waals surface area contributed by atoms with Crippen molar-refractivity contribution in [3.8, 4) is 0 Å². The standard InChI is InChI=1S/C17H13F5N2O2/c1-16(2)17(25,8-6-4-3-5-7-8)24(26)15(23-16)9-10(18)12(20)14(22)13(21)11(9)19/h3-7,25-26H,1-2H3/t17-/m0/s1. The van der Waals surface area contributed by atoms with Gasteiger partial charge in [0.2, 0.25) is 11.5 Å². The topological polar surface area (TPSA) is 56.1 Å². The Hall–Kier alpha value is -2.52. The third kappa shape index (κ3) is 2.24. The molecule has 1 aliphatic heterocycles. The van der Waals surface area contributed by atoms with Crippen molar-refractivity contribution in [2.24, 2.45) is 4.99 Å². The fraction of sp³-hybridized carbons (Fsp3) is 0.235. The highest BCUT2D eigenvalue weighted by molar-refractivity contribution is 6.00. The average Bonchev–Trinajstić information content (AvgIpc) is 2.80. The van der Waals surface area contributed by atoms with E-state index in [0.717, 1.165) is 0 Å². The first-order valence-electron chi connectivity index (χ1n) is 7.42. The van der Waals surface area contributed by atoms with Crippen molar-refractivity contribution in [1.82, 2.24) is 5.06 Å². The number of aliphatic imine (C=N–C) groups is 1. The smallest absolute Gasteiger partial charge is 0.214 e. The summed E-state index contributed by atoms with van der Waals surface area (Å²) in [4.78, 5) is 3.84. The van der Waals surface area contributed by atoms with Crippen LogP contribution in [0.5, 0.6) is 0 Å². The summed E-state index contributed by atoms with van der Waals surface area (Å²) in [6.07, 6.45) is 0. The predicted molar refractivity (Wildman–Crippen MR) is 80.8 cm³/mol. The van der Waals surface area contributed by atoms with Crippen LogP contribution in [-0.2, 0) is 5.72 Å². The number of rotatable bonds is 2. The molecule has 2 aromatic rings. The Kier molecular flexibility index (Phi) is 4.04. The number of nitrogens with zero attached hydrogens (tertiary/aromatic N) is 2. The largest absolute Gasteiger partial charge is 0.363 e. The fourth-order valence-electron chi connectivity index (χ4n) is 2.91. The minimum Gasteiger partial charge on any atom is -0.363 e. The third-order valence-corrected chi connectivity index (χ3v) is 4.36. The van der Waals surface area contributed by atoms with E-state index in [4.69, 9.17) is 0 Å². The Morgan fingerprint density at radius 1 is 0.846 bits per heavy atom. The second-order valence-electron chi connectivity index (χ2n) is 6.29. The summed E-state index contributed by atoms with van der Waals surface area (Å²) in [7, 11) is 0. The van der Waals surface area contributed by atoms with Gasteiger partial charge >= 0.3 is 0 Å². The van der Waals surface area contributed by atoms with Crippen molar-refractivity contribution in [2.45, 2.75) is 25.1 Å². The molecule has 0 fully saturated rings. The maximum Gasteiger partial charge on any atom is 0.214 e. The monoisotopic (exact) mass is 372 g/mol. The van der Waals surface area contributed by atoms with Crippen LogP contribution in [0.4, 0.5) is 22.0 Å². The normalized spacial score (nSPS) is 21.9. The molecule has 138 valence electrons. The molecular formula is C17H13F5N2O2. The van der Waals surface area contributed by atoms with E-state index in [1.165, 1.54) is 38.1 Å². The molecule has 0 aromatic heterocycles. The number of hydroxylamine groups is 2.